The first-order chi connectivity index (χ1) is 13.7. The van der Waals surface area contributed by atoms with E-state index in [0.717, 1.165) is 34.1 Å². The van der Waals surface area contributed by atoms with E-state index in [0.29, 0.717) is 6.42 Å². The quantitative estimate of drug-likeness (QED) is 0.261. The largest absolute Gasteiger partial charge is 0.326 e. The van der Waals surface area contributed by atoms with Gasteiger partial charge in [-0.15, -0.1) is 11.8 Å². The normalized spacial score (nSPS) is 10.9. The number of thioether (sulfide) groups is 1. The molecule has 0 saturated carbocycles. The zero-order valence-corrected chi connectivity index (χ0v) is 16.0. The van der Waals surface area contributed by atoms with E-state index in [1.165, 1.54) is 12.1 Å². The Morgan fingerprint density at radius 2 is 1.50 bits per heavy atom. The first-order valence-electron chi connectivity index (χ1n) is 8.94. The molecule has 0 aromatic heterocycles. The average Bonchev–Trinajstić information content (AvgIpc) is 2.73. The summed E-state index contributed by atoms with van der Waals surface area (Å²) >= 11 is 1.61. The highest BCUT2D eigenvalue weighted by Crippen LogP contribution is 2.21. The fraction of sp³-hybridized carbons (Fsp3) is 0.136. The van der Waals surface area contributed by atoms with Crippen molar-refractivity contribution in [1.82, 2.24) is 0 Å². The van der Waals surface area contributed by atoms with Crippen LogP contribution in [-0.2, 0) is 4.79 Å². The highest BCUT2D eigenvalue weighted by Gasteiger charge is 2.03. The molecule has 3 rings (SSSR count). The minimum Gasteiger partial charge on any atom is -0.326 e. The van der Waals surface area contributed by atoms with Crippen LogP contribution in [0.25, 0.3) is 0 Å². The van der Waals surface area contributed by atoms with Crippen LogP contribution >= 0.6 is 11.8 Å². The van der Waals surface area contributed by atoms with Crippen molar-refractivity contribution in [2.45, 2.75) is 17.7 Å². The van der Waals surface area contributed by atoms with Crippen molar-refractivity contribution in [3.05, 3.63) is 84.7 Å². The second kappa shape index (κ2) is 10.4. The Bertz CT molecular complexity index is 913. The second-order valence-electron chi connectivity index (χ2n) is 6.04. The summed E-state index contributed by atoms with van der Waals surface area (Å²) in [6.07, 6.45) is 1.18. The Morgan fingerprint density at radius 1 is 0.857 bits per heavy atom. The number of nitrogens with one attached hydrogen (secondary N) is 1. The Labute approximate surface area is 167 Å². The first kappa shape index (κ1) is 19.8. The summed E-state index contributed by atoms with van der Waals surface area (Å²) in [5, 5.41) is 11.2. The monoisotopic (exact) mass is 393 g/mol. The lowest BCUT2D eigenvalue weighted by Crippen LogP contribution is -2.11. The van der Waals surface area contributed by atoms with Crippen molar-refractivity contribution >= 4 is 34.7 Å². The van der Waals surface area contributed by atoms with E-state index in [-0.39, 0.29) is 11.7 Å². The van der Waals surface area contributed by atoms with E-state index in [4.69, 9.17) is 0 Å². The van der Waals surface area contributed by atoms with Crippen LogP contribution in [-0.4, -0.2) is 11.7 Å². The zero-order valence-electron chi connectivity index (χ0n) is 15.2. The van der Waals surface area contributed by atoms with Crippen LogP contribution in [0.2, 0.25) is 0 Å². The number of anilines is 1. The molecule has 0 aliphatic heterocycles. The van der Waals surface area contributed by atoms with Gasteiger partial charge in [-0.25, -0.2) is 4.39 Å². The summed E-state index contributed by atoms with van der Waals surface area (Å²) < 4.78 is 12.9. The van der Waals surface area contributed by atoms with Gasteiger partial charge in [-0.2, -0.15) is 10.2 Å². The molecule has 0 spiro atoms. The number of halogens is 1. The summed E-state index contributed by atoms with van der Waals surface area (Å²) in [6.45, 7) is 0. The molecule has 142 valence electrons. The molecule has 0 unspecified atom stereocenters. The maximum Gasteiger partial charge on any atom is 0.224 e. The molecule has 0 heterocycles. The van der Waals surface area contributed by atoms with E-state index >= 15 is 0 Å². The van der Waals surface area contributed by atoms with Crippen LogP contribution in [0.5, 0.6) is 0 Å². The van der Waals surface area contributed by atoms with Crippen LogP contribution < -0.4 is 5.32 Å². The lowest BCUT2D eigenvalue weighted by Gasteiger charge is -2.05. The molecule has 0 bridgehead atoms. The molecule has 0 aliphatic rings. The molecule has 3 aromatic rings. The van der Waals surface area contributed by atoms with Crippen molar-refractivity contribution in [2.75, 3.05) is 11.1 Å². The number of nitrogens with zero attached hydrogens (tertiary/aromatic N) is 2. The lowest BCUT2D eigenvalue weighted by molar-refractivity contribution is -0.116. The second-order valence-corrected chi connectivity index (χ2v) is 7.20. The van der Waals surface area contributed by atoms with Gasteiger partial charge in [0.1, 0.15) is 5.82 Å². The number of amides is 1. The molecule has 1 amide bonds. The summed E-state index contributed by atoms with van der Waals surface area (Å²) in [6, 6.07) is 23.1. The summed E-state index contributed by atoms with van der Waals surface area (Å²) in [5.41, 5.74) is 2.24. The van der Waals surface area contributed by atoms with Gasteiger partial charge in [-0.3, -0.25) is 4.79 Å². The molecular weight excluding hydrogens is 373 g/mol. The van der Waals surface area contributed by atoms with Crippen molar-refractivity contribution in [3.63, 3.8) is 0 Å². The molecule has 6 heteroatoms. The van der Waals surface area contributed by atoms with Crippen LogP contribution in [0, 0.1) is 5.82 Å². The topological polar surface area (TPSA) is 53.8 Å². The highest BCUT2D eigenvalue weighted by molar-refractivity contribution is 7.99. The molecule has 0 saturated heterocycles. The number of rotatable bonds is 8. The minimum absolute atomic E-state index is 0.0293. The molecule has 3 aromatic carbocycles. The molecule has 28 heavy (non-hydrogen) atoms. The van der Waals surface area contributed by atoms with Gasteiger partial charge in [0.25, 0.3) is 0 Å². The number of azo groups is 1. The summed E-state index contributed by atoms with van der Waals surface area (Å²) in [4.78, 5) is 13.1. The predicted octanol–water partition coefficient (Wildman–Crippen LogP) is 6.75. The third-order valence-electron chi connectivity index (χ3n) is 3.82. The molecule has 0 atom stereocenters. The third-order valence-corrected chi connectivity index (χ3v) is 4.92. The zero-order chi connectivity index (χ0) is 19.6. The average molecular weight is 393 g/mol. The van der Waals surface area contributed by atoms with E-state index in [2.05, 4.69) is 15.5 Å². The number of carbonyl (C=O) groups excluding carboxylic acids is 1. The van der Waals surface area contributed by atoms with Crippen LogP contribution in [0.4, 0.5) is 21.5 Å². The van der Waals surface area contributed by atoms with Gasteiger partial charge in [0.15, 0.2) is 0 Å². The number of carbonyl (C=O) groups is 1. The van der Waals surface area contributed by atoms with E-state index < -0.39 is 0 Å². The van der Waals surface area contributed by atoms with E-state index in [9.17, 15) is 9.18 Å². The van der Waals surface area contributed by atoms with Gasteiger partial charge in [-0.1, -0.05) is 18.2 Å². The maximum atomic E-state index is 12.9. The molecule has 0 radical (unpaired) electrons. The SMILES string of the molecule is O=C(CCCSc1ccc(F)cc1)Nc1ccc(N=Nc2ccccc2)cc1. The number of benzene rings is 3. The fourth-order valence-electron chi connectivity index (χ4n) is 2.40. The van der Waals surface area contributed by atoms with Gasteiger partial charge < -0.3 is 5.32 Å². The predicted molar refractivity (Wildman–Crippen MR) is 112 cm³/mol. The van der Waals surface area contributed by atoms with Gasteiger partial charge in [-0.05, 0) is 72.8 Å². The van der Waals surface area contributed by atoms with Gasteiger partial charge in [0.2, 0.25) is 5.91 Å². The standard InChI is InChI=1S/C22H20FN3OS/c23-17-8-14-21(15-9-17)28-16-4-7-22(27)24-18-10-12-20(13-11-18)26-25-19-5-2-1-3-6-19/h1-3,5-6,8-15H,4,7,16H2,(H,24,27). The first-order valence-corrected chi connectivity index (χ1v) is 9.93. The molecular formula is C22H20FN3OS. The van der Waals surface area contributed by atoms with E-state index in [1.807, 2.05) is 54.6 Å². The third kappa shape index (κ3) is 6.63. The van der Waals surface area contributed by atoms with Crippen molar-refractivity contribution < 1.29 is 9.18 Å². The van der Waals surface area contributed by atoms with Crippen LogP contribution in [0.15, 0.2) is 94.0 Å². The molecule has 0 fully saturated rings. The van der Waals surface area contributed by atoms with E-state index in [1.54, 1.807) is 23.9 Å². The fourth-order valence-corrected chi connectivity index (χ4v) is 3.25. The van der Waals surface area contributed by atoms with Crippen molar-refractivity contribution in [1.29, 1.82) is 0 Å². The lowest BCUT2D eigenvalue weighted by atomic mass is 10.2. The molecule has 4 nitrogen and oxygen atoms in total. The van der Waals surface area contributed by atoms with Crippen LogP contribution in [0.1, 0.15) is 12.8 Å². The minimum atomic E-state index is -0.240. The van der Waals surface area contributed by atoms with Crippen molar-refractivity contribution in [3.8, 4) is 0 Å². The highest BCUT2D eigenvalue weighted by atomic mass is 32.2. The van der Waals surface area contributed by atoms with Gasteiger partial charge in [0.05, 0.1) is 11.4 Å². The number of hydrogen-bond acceptors (Lipinski definition) is 4. The van der Waals surface area contributed by atoms with Crippen molar-refractivity contribution in [2.24, 2.45) is 10.2 Å². The Balaban J connectivity index is 1.40. The van der Waals surface area contributed by atoms with Gasteiger partial charge in [0, 0.05) is 17.0 Å². The number of hydrogen-bond donors (Lipinski definition) is 1. The summed E-state index contributed by atoms with van der Waals surface area (Å²) in [7, 11) is 0. The smallest absolute Gasteiger partial charge is 0.224 e. The van der Waals surface area contributed by atoms with Crippen LogP contribution in [0.3, 0.4) is 0 Å². The Hall–Kier alpha value is -2.99. The molecule has 1 N–H and O–H groups in total. The Morgan fingerprint density at radius 3 is 2.18 bits per heavy atom. The maximum absolute atomic E-state index is 12.9. The summed E-state index contributed by atoms with van der Waals surface area (Å²) in [5.74, 6) is 0.535. The Kier molecular flexibility index (Phi) is 7.32. The van der Waals surface area contributed by atoms with Gasteiger partial charge >= 0.3 is 0 Å². The molecule has 0 aliphatic carbocycles.